The molecular weight excluding hydrogens is 383 g/mol. The summed E-state index contributed by atoms with van der Waals surface area (Å²) in [4.78, 5) is 0. The van der Waals surface area contributed by atoms with E-state index in [-0.39, 0.29) is 18.8 Å². The standard InChI is InChI=1S/C20H21FN2O4S/c1-13(2)28(24,25)23-19-11-26-12-20(19)27-17-6-3-14(4-7-17)18-8-5-16(21)9-15(18)10-22/h3-9,13,19-20,23H,11-12H2,1-2H3. The van der Waals surface area contributed by atoms with Crippen molar-refractivity contribution >= 4 is 10.0 Å². The van der Waals surface area contributed by atoms with Crippen LogP contribution >= 0.6 is 0 Å². The summed E-state index contributed by atoms with van der Waals surface area (Å²) in [5.74, 6) is 0.0880. The van der Waals surface area contributed by atoms with Crippen molar-refractivity contribution < 1.29 is 22.3 Å². The van der Waals surface area contributed by atoms with E-state index in [9.17, 15) is 18.1 Å². The molecule has 1 N–H and O–H groups in total. The molecule has 1 aliphatic heterocycles. The van der Waals surface area contributed by atoms with Gasteiger partial charge in [-0.1, -0.05) is 18.2 Å². The summed E-state index contributed by atoms with van der Waals surface area (Å²) in [5.41, 5.74) is 1.63. The van der Waals surface area contributed by atoms with E-state index in [2.05, 4.69) is 4.72 Å². The van der Waals surface area contributed by atoms with E-state index in [1.54, 1.807) is 44.2 Å². The second-order valence-corrected chi connectivity index (χ2v) is 9.11. The maximum atomic E-state index is 13.3. The lowest BCUT2D eigenvalue weighted by Crippen LogP contribution is -2.47. The van der Waals surface area contributed by atoms with Crippen molar-refractivity contribution in [2.24, 2.45) is 0 Å². The first-order valence-corrected chi connectivity index (χ1v) is 10.4. The second-order valence-electron chi connectivity index (χ2n) is 6.84. The summed E-state index contributed by atoms with van der Waals surface area (Å²) in [6.07, 6.45) is -0.445. The van der Waals surface area contributed by atoms with Crippen LogP contribution in [0.25, 0.3) is 11.1 Å². The third kappa shape index (κ3) is 4.50. The number of halogens is 1. The molecule has 2 aromatic rings. The van der Waals surface area contributed by atoms with E-state index >= 15 is 0 Å². The number of nitrogens with one attached hydrogen (secondary N) is 1. The molecule has 148 valence electrons. The molecular formula is C20H21FN2O4S. The highest BCUT2D eigenvalue weighted by Crippen LogP contribution is 2.27. The van der Waals surface area contributed by atoms with Crippen LogP contribution in [-0.2, 0) is 14.8 Å². The van der Waals surface area contributed by atoms with Gasteiger partial charge in [-0.15, -0.1) is 0 Å². The molecule has 3 rings (SSSR count). The number of ether oxygens (including phenoxy) is 2. The lowest BCUT2D eigenvalue weighted by Gasteiger charge is -2.21. The van der Waals surface area contributed by atoms with Gasteiger partial charge in [0.25, 0.3) is 0 Å². The molecule has 0 saturated carbocycles. The Morgan fingerprint density at radius 3 is 2.57 bits per heavy atom. The first-order chi connectivity index (χ1) is 13.3. The predicted octanol–water partition coefficient (Wildman–Crippen LogP) is 2.84. The summed E-state index contributed by atoms with van der Waals surface area (Å²) in [7, 11) is -3.43. The van der Waals surface area contributed by atoms with Gasteiger partial charge in [-0.3, -0.25) is 0 Å². The first-order valence-electron chi connectivity index (χ1n) is 8.86. The number of nitriles is 1. The third-order valence-corrected chi connectivity index (χ3v) is 6.39. The molecule has 0 radical (unpaired) electrons. The van der Waals surface area contributed by atoms with Crippen LogP contribution in [-0.4, -0.2) is 39.0 Å². The largest absolute Gasteiger partial charge is 0.486 e. The molecule has 0 aromatic heterocycles. The zero-order chi connectivity index (χ0) is 20.3. The van der Waals surface area contributed by atoms with Gasteiger partial charge >= 0.3 is 0 Å². The Labute approximate surface area is 163 Å². The molecule has 0 bridgehead atoms. The molecule has 1 saturated heterocycles. The average molecular weight is 404 g/mol. The fourth-order valence-electron chi connectivity index (χ4n) is 2.86. The molecule has 0 spiro atoms. The van der Waals surface area contributed by atoms with E-state index in [0.717, 1.165) is 5.56 Å². The van der Waals surface area contributed by atoms with Crippen molar-refractivity contribution in [2.45, 2.75) is 31.2 Å². The van der Waals surface area contributed by atoms with Crippen LogP contribution < -0.4 is 9.46 Å². The van der Waals surface area contributed by atoms with Crippen molar-refractivity contribution in [3.05, 3.63) is 53.8 Å². The minimum absolute atomic E-state index is 0.246. The SMILES string of the molecule is CC(C)S(=O)(=O)NC1COCC1Oc1ccc(-c2ccc(F)cc2C#N)cc1. The maximum absolute atomic E-state index is 13.3. The molecule has 1 fully saturated rings. The fourth-order valence-corrected chi connectivity index (χ4v) is 3.77. The van der Waals surface area contributed by atoms with Crippen LogP contribution in [0, 0.1) is 17.1 Å². The second kappa shape index (κ2) is 8.27. The average Bonchev–Trinajstić information content (AvgIpc) is 3.08. The summed E-state index contributed by atoms with van der Waals surface area (Å²) < 4.78 is 51.4. The Morgan fingerprint density at radius 1 is 1.21 bits per heavy atom. The van der Waals surface area contributed by atoms with Crippen molar-refractivity contribution in [1.82, 2.24) is 4.72 Å². The molecule has 6 nitrogen and oxygen atoms in total. The van der Waals surface area contributed by atoms with Crippen molar-refractivity contribution in [2.75, 3.05) is 13.2 Å². The number of rotatable bonds is 6. The van der Waals surface area contributed by atoms with Gasteiger partial charge in [-0.05, 0) is 49.2 Å². The van der Waals surface area contributed by atoms with Crippen LogP contribution in [0.2, 0.25) is 0 Å². The van der Waals surface area contributed by atoms with E-state index in [4.69, 9.17) is 9.47 Å². The molecule has 2 aromatic carbocycles. The van der Waals surface area contributed by atoms with E-state index < -0.39 is 33.2 Å². The highest BCUT2D eigenvalue weighted by Gasteiger charge is 2.34. The Kier molecular flexibility index (Phi) is 5.98. The molecule has 0 aliphatic carbocycles. The predicted molar refractivity (Wildman–Crippen MR) is 103 cm³/mol. The summed E-state index contributed by atoms with van der Waals surface area (Å²) in [5, 5.41) is 8.65. The van der Waals surface area contributed by atoms with Gasteiger partial charge in [-0.25, -0.2) is 17.5 Å². The topological polar surface area (TPSA) is 88.4 Å². The van der Waals surface area contributed by atoms with Gasteiger partial charge < -0.3 is 9.47 Å². The number of benzene rings is 2. The van der Waals surface area contributed by atoms with Crippen molar-refractivity contribution in [3.63, 3.8) is 0 Å². The van der Waals surface area contributed by atoms with Gasteiger partial charge in [0.1, 0.15) is 17.7 Å². The minimum atomic E-state index is -3.43. The monoisotopic (exact) mass is 404 g/mol. The van der Waals surface area contributed by atoms with Crippen LogP contribution in [0.3, 0.4) is 0 Å². The smallest absolute Gasteiger partial charge is 0.214 e. The van der Waals surface area contributed by atoms with Crippen LogP contribution in [0.4, 0.5) is 4.39 Å². The molecule has 0 amide bonds. The minimum Gasteiger partial charge on any atom is -0.486 e. The number of nitrogens with zero attached hydrogens (tertiary/aromatic N) is 1. The molecule has 2 unspecified atom stereocenters. The molecule has 8 heteroatoms. The molecule has 28 heavy (non-hydrogen) atoms. The van der Waals surface area contributed by atoms with Crippen molar-refractivity contribution in [1.29, 1.82) is 5.26 Å². The fraction of sp³-hybridized carbons (Fsp3) is 0.350. The van der Waals surface area contributed by atoms with E-state index in [1.165, 1.54) is 12.1 Å². The highest BCUT2D eigenvalue weighted by molar-refractivity contribution is 7.90. The highest BCUT2D eigenvalue weighted by atomic mass is 32.2. The first kappa shape index (κ1) is 20.3. The van der Waals surface area contributed by atoms with Gasteiger partial charge in [0, 0.05) is 0 Å². The number of hydrogen-bond acceptors (Lipinski definition) is 5. The van der Waals surface area contributed by atoms with Gasteiger partial charge in [0.05, 0.1) is 36.1 Å². The molecule has 1 aliphatic rings. The van der Waals surface area contributed by atoms with E-state index in [1.807, 2.05) is 6.07 Å². The van der Waals surface area contributed by atoms with Gasteiger partial charge in [-0.2, -0.15) is 5.26 Å². The Bertz CT molecular complexity index is 984. The van der Waals surface area contributed by atoms with Crippen LogP contribution in [0.5, 0.6) is 5.75 Å². The van der Waals surface area contributed by atoms with Gasteiger partial charge in [0.15, 0.2) is 0 Å². The third-order valence-electron chi connectivity index (χ3n) is 4.52. The maximum Gasteiger partial charge on any atom is 0.214 e. The Balaban J connectivity index is 1.73. The van der Waals surface area contributed by atoms with Gasteiger partial charge in [0.2, 0.25) is 10.0 Å². The quantitative estimate of drug-likeness (QED) is 0.800. The summed E-state index contributed by atoms with van der Waals surface area (Å²) >= 11 is 0. The summed E-state index contributed by atoms with van der Waals surface area (Å²) in [6, 6.07) is 12.6. The Hall–Kier alpha value is -2.47. The van der Waals surface area contributed by atoms with E-state index in [0.29, 0.717) is 11.3 Å². The Morgan fingerprint density at radius 2 is 1.93 bits per heavy atom. The summed E-state index contributed by atoms with van der Waals surface area (Å²) in [6.45, 7) is 3.74. The number of sulfonamides is 1. The zero-order valence-electron chi connectivity index (χ0n) is 15.6. The lowest BCUT2D eigenvalue weighted by molar-refractivity contribution is 0.140. The lowest BCUT2D eigenvalue weighted by atomic mass is 10.0. The van der Waals surface area contributed by atoms with Crippen LogP contribution in [0.15, 0.2) is 42.5 Å². The normalized spacial score (nSPS) is 19.5. The number of hydrogen-bond donors (Lipinski definition) is 1. The molecule has 2 atom stereocenters. The molecule has 1 heterocycles. The van der Waals surface area contributed by atoms with Crippen molar-refractivity contribution in [3.8, 4) is 22.9 Å². The zero-order valence-corrected chi connectivity index (χ0v) is 16.4. The van der Waals surface area contributed by atoms with Crippen LogP contribution in [0.1, 0.15) is 19.4 Å².